The molecule has 0 N–H and O–H groups in total. The second-order valence-corrected chi connectivity index (χ2v) is 10.1. The molecule has 0 fully saturated rings. The van der Waals surface area contributed by atoms with E-state index in [0.717, 1.165) is 33.0 Å². The van der Waals surface area contributed by atoms with Crippen molar-refractivity contribution in [2.45, 2.75) is 0 Å². The fraction of sp³-hybridized carbons (Fsp3) is 0. The standard InChI is InChI=1S/C32H19N3S/c1-2-7-21(8-3-1)30-31-25-19-23(17-18-24(25)27-10-6-12-29(34-30)35(27)31)20-13-15-22(16-14-20)32-33-26-9-4-5-11-28(26)36-32/h1-19H. The lowest BCUT2D eigenvalue weighted by Gasteiger charge is -2.05. The van der Waals surface area contributed by atoms with E-state index in [9.17, 15) is 0 Å². The Labute approximate surface area is 211 Å². The zero-order valence-corrected chi connectivity index (χ0v) is 20.0. The van der Waals surface area contributed by atoms with E-state index in [4.69, 9.17) is 9.97 Å². The lowest BCUT2D eigenvalue weighted by molar-refractivity contribution is 1.31. The maximum Gasteiger partial charge on any atom is 0.138 e. The Kier molecular flexibility index (Phi) is 4.10. The number of benzene rings is 4. The third kappa shape index (κ3) is 2.85. The molecule has 8 rings (SSSR count). The van der Waals surface area contributed by atoms with Gasteiger partial charge in [-0.15, -0.1) is 11.3 Å². The molecule has 3 nitrogen and oxygen atoms in total. The molecule has 8 aromatic rings. The predicted octanol–water partition coefficient (Wildman–Crippen LogP) is 8.69. The van der Waals surface area contributed by atoms with Crippen LogP contribution in [0.5, 0.6) is 0 Å². The molecule has 4 aromatic heterocycles. The fourth-order valence-corrected chi connectivity index (χ4v) is 6.26. The van der Waals surface area contributed by atoms with Crippen molar-refractivity contribution in [3.8, 4) is 33.0 Å². The van der Waals surface area contributed by atoms with Crippen molar-refractivity contribution >= 4 is 49.0 Å². The fourth-order valence-electron chi connectivity index (χ4n) is 5.29. The number of nitrogens with zero attached hydrogens (tertiary/aromatic N) is 3. The Morgan fingerprint density at radius 2 is 1.33 bits per heavy atom. The molecule has 0 aliphatic carbocycles. The van der Waals surface area contributed by atoms with Crippen LogP contribution in [-0.2, 0) is 0 Å². The highest BCUT2D eigenvalue weighted by Crippen LogP contribution is 2.39. The van der Waals surface area contributed by atoms with Crippen LogP contribution in [0.4, 0.5) is 0 Å². The van der Waals surface area contributed by atoms with E-state index < -0.39 is 0 Å². The van der Waals surface area contributed by atoms with Gasteiger partial charge in [0, 0.05) is 21.9 Å². The van der Waals surface area contributed by atoms with Crippen LogP contribution in [0.2, 0.25) is 0 Å². The van der Waals surface area contributed by atoms with Crippen molar-refractivity contribution in [2.75, 3.05) is 0 Å². The third-order valence-corrected chi connectivity index (χ3v) is 8.09. The lowest BCUT2D eigenvalue weighted by Crippen LogP contribution is -1.81. The number of hydrogen-bond donors (Lipinski definition) is 0. The number of pyridine rings is 1. The smallest absolute Gasteiger partial charge is 0.138 e. The van der Waals surface area contributed by atoms with Gasteiger partial charge in [0.05, 0.1) is 26.9 Å². The molecule has 36 heavy (non-hydrogen) atoms. The molecule has 168 valence electrons. The molecule has 0 saturated heterocycles. The van der Waals surface area contributed by atoms with Crippen molar-refractivity contribution in [1.82, 2.24) is 14.4 Å². The molecular weight excluding hydrogens is 458 g/mol. The first-order valence-corrected chi connectivity index (χ1v) is 12.8. The molecule has 0 aliphatic heterocycles. The van der Waals surface area contributed by atoms with Crippen LogP contribution in [0.3, 0.4) is 0 Å². The number of hydrogen-bond acceptors (Lipinski definition) is 3. The van der Waals surface area contributed by atoms with E-state index in [1.54, 1.807) is 11.3 Å². The predicted molar refractivity (Wildman–Crippen MR) is 151 cm³/mol. The molecule has 0 bridgehead atoms. The topological polar surface area (TPSA) is 30.2 Å². The monoisotopic (exact) mass is 477 g/mol. The van der Waals surface area contributed by atoms with Gasteiger partial charge in [0.25, 0.3) is 0 Å². The van der Waals surface area contributed by atoms with Crippen LogP contribution < -0.4 is 0 Å². The quantitative estimate of drug-likeness (QED) is 0.255. The van der Waals surface area contributed by atoms with Gasteiger partial charge in [0.15, 0.2) is 0 Å². The maximum absolute atomic E-state index is 5.02. The summed E-state index contributed by atoms with van der Waals surface area (Å²) in [4.78, 5) is 9.83. The van der Waals surface area contributed by atoms with Gasteiger partial charge in [-0.1, -0.05) is 84.9 Å². The van der Waals surface area contributed by atoms with E-state index >= 15 is 0 Å². The van der Waals surface area contributed by atoms with Gasteiger partial charge in [0.2, 0.25) is 0 Å². The van der Waals surface area contributed by atoms with Crippen LogP contribution in [0, 0.1) is 0 Å². The van der Waals surface area contributed by atoms with Crippen molar-refractivity contribution in [1.29, 1.82) is 0 Å². The largest absolute Gasteiger partial charge is 0.292 e. The summed E-state index contributed by atoms with van der Waals surface area (Å²) in [5, 5.41) is 3.54. The van der Waals surface area contributed by atoms with Gasteiger partial charge in [-0.05, 0) is 41.5 Å². The SMILES string of the molecule is c1ccc(-c2nc3cccc4c5ccc(-c6ccc(-c7nc8ccccc8s7)cc6)cc5c2n34)cc1. The Morgan fingerprint density at radius 1 is 0.556 bits per heavy atom. The number of thiazole rings is 1. The van der Waals surface area contributed by atoms with Crippen molar-refractivity contribution in [2.24, 2.45) is 0 Å². The third-order valence-electron chi connectivity index (χ3n) is 7.00. The minimum absolute atomic E-state index is 0.985. The Bertz CT molecular complexity index is 2000. The van der Waals surface area contributed by atoms with E-state index in [-0.39, 0.29) is 0 Å². The summed E-state index contributed by atoms with van der Waals surface area (Å²) in [5.74, 6) is 0. The molecular formula is C32H19N3S. The first-order valence-electron chi connectivity index (χ1n) is 12.0. The van der Waals surface area contributed by atoms with Gasteiger partial charge in [-0.3, -0.25) is 4.40 Å². The van der Waals surface area contributed by atoms with Crippen LogP contribution in [0.25, 0.3) is 70.6 Å². The summed E-state index contributed by atoms with van der Waals surface area (Å²) in [6, 6.07) is 40.7. The summed E-state index contributed by atoms with van der Waals surface area (Å²) in [6.45, 7) is 0. The summed E-state index contributed by atoms with van der Waals surface area (Å²) >= 11 is 1.74. The number of para-hydroxylation sites is 1. The number of aromatic nitrogens is 3. The Morgan fingerprint density at radius 3 is 2.19 bits per heavy atom. The molecule has 0 saturated carbocycles. The molecule has 4 heterocycles. The molecule has 0 unspecified atom stereocenters. The summed E-state index contributed by atoms with van der Waals surface area (Å²) < 4.78 is 3.52. The number of fused-ring (bicyclic) bond motifs is 4. The summed E-state index contributed by atoms with van der Waals surface area (Å²) in [7, 11) is 0. The van der Waals surface area contributed by atoms with E-state index in [0.29, 0.717) is 0 Å². The van der Waals surface area contributed by atoms with Crippen LogP contribution in [0.15, 0.2) is 115 Å². The summed E-state index contributed by atoms with van der Waals surface area (Å²) in [5.41, 5.74) is 10.1. The Balaban J connectivity index is 1.29. The second-order valence-electron chi connectivity index (χ2n) is 9.10. The van der Waals surface area contributed by atoms with Crippen LogP contribution in [-0.4, -0.2) is 14.4 Å². The second kappa shape index (κ2) is 7.48. The molecule has 4 heteroatoms. The minimum Gasteiger partial charge on any atom is -0.292 e. The van der Waals surface area contributed by atoms with Crippen molar-refractivity contribution in [3.63, 3.8) is 0 Å². The summed E-state index contributed by atoms with van der Waals surface area (Å²) in [6.07, 6.45) is 0. The van der Waals surface area contributed by atoms with Gasteiger partial charge >= 0.3 is 0 Å². The zero-order valence-electron chi connectivity index (χ0n) is 19.2. The molecule has 0 radical (unpaired) electrons. The number of imidazole rings is 1. The average molecular weight is 478 g/mol. The van der Waals surface area contributed by atoms with E-state index in [1.165, 1.54) is 37.6 Å². The number of rotatable bonds is 3. The van der Waals surface area contributed by atoms with Crippen LogP contribution >= 0.6 is 11.3 Å². The molecule has 0 atom stereocenters. The first kappa shape index (κ1) is 19.7. The van der Waals surface area contributed by atoms with Gasteiger partial charge < -0.3 is 0 Å². The van der Waals surface area contributed by atoms with E-state index in [2.05, 4.69) is 108 Å². The highest BCUT2D eigenvalue weighted by molar-refractivity contribution is 7.21. The van der Waals surface area contributed by atoms with Crippen molar-refractivity contribution in [3.05, 3.63) is 115 Å². The van der Waals surface area contributed by atoms with Crippen LogP contribution in [0.1, 0.15) is 0 Å². The Hall–Kier alpha value is -4.54. The molecule has 0 aliphatic rings. The minimum atomic E-state index is 0.985. The van der Waals surface area contributed by atoms with Gasteiger partial charge in [-0.2, -0.15) is 0 Å². The highest BCUT2D eigenvalue weighted by Gasteiger charge is 2.19. The zero-order chi connectivity index (χ0) is 23.6. The normalized spacial score (nSPS) is 11.9. The van der Waals surface area contributed by atoms with Gasteiger partial charge in [-0.25, -0.2) is 9.97 Å². The maximum atomic E-state index is 5.02. The molecule has 0 amide bonds. The van der Waals surface area contributed by atoms with E-state index in [1.807, 2.05) is 12.1 Å². The van der Waals surface area contributed by atoms with Gasteiger partial charge in [0.1, 0.15) is 10.7 Å². The molecule has 0 spiro atoms. The van der Waals surface area contributed by atoms with Crippen molar-refractivity contribution < 1.29 is 0 Å². The highest BCUT2D eigenvalue weighted by atomic mass is 32.1. The molecule has 4 aromatic carbocycles. The lowest BCUT2D eigenvalue weighted by atomic mass is 10.0. The first-order chi connectivity index (χ1) is 17.8. The average Bonchev–Trinajstić information content (AvgIpc) is 3.64.